The first-order chi connectivity index (χ1) is 16.0. The lowest BCUT2D eigenvalue weighted by molar-refractivity contribution is 0.0694. The van der Waals surface area contributed by atoms with Gasteiger partial charge in [-0.2, -0.15) is 16.8 Å². The predicted molar refractivity (Wildman–Crippen MR) is 135 cm³/mol. The SMILES string of the molecule is CCCCCCCC(CC)(COS(=O)(=O)c1ccc(C)cc1)COS(=O)(=O)c1ccc(C)cc1. The number of aryl methyl sites for hydroxylation is 2. The van der Waals surface area contributed by atoms with E-state index >= 15 is 0 Å². The molecule has 2 aromatic carbocycles. The van der Waals surface area contributed by atoms with Gasteiger partial charge in [0, 0.05) is 5.41 Å². The van der Waals surface area contributed by atoms with Gasteiger partial charge >= 0.3 is 0 Å². The monoisotopic (exact) mass is 510 g/mol. The molecule has 8 heteroatoms. The van der Waals surface area contributed by atoms with Crippen molar-refractivity contribution in [3.05, 3.63) is 59.7 Å². The molecule has 0 aliphatic heterocycles. The third-order valence-corrected chi connectivity index (χ3v) is 8.78. The van der Waals surface area contributed by atoms with Crippen molar-refractivity contribution in [3.63, 3.8) is 0 Å². The largest absolute Gasteiger partial charge is 0.296 e. The van der Waals surface area contributed by atoms with Gasteiger partial charge in [-0.3, -0.25) is 8.37 Å². The summed E-state index contributed by atoms with van der Waals surface area (Å²) in [5.41, 5.74) is 1.15. The van der Waals surface area contributed by atoms with Crippen LogP contribution in [0.2, 0.25) is 0 Å². The van der Waals surface area contributed by atoms with Crippen molar-refractivity contribution >= 4 is 20.2 Å². The van der Waals surface area contributed by atoms with Crippen molar-refractivity contribution in [1.82, 2.24) is 0 Å². The van der Waals surface area contributed by atoms with Crippen LogP contribution in [0.4, 0.5) is 0 Å². The van der Waals surface area contributed by atoms with Crippen LogP contribution in [0, 0.1) is 19.3 Å². The van der Waals surface area contributed by atoms with Gasteiger partial charge in [-0.25, -0.2) is 0 Å². The Kier molecular flexibility index (Phi) is 10.7. The summed E-state index contributed by atoms with van der Waals surface area (Å²) >= 11 is 0. The van der Waals surface area contributed by atoms with E-state index < -0.39 is 25.7 Å². The second-order valence-electron chi connectivity index (χ2n) is 9.08. The van der Waals surface area contributed by atoms with E-state index in [1.807, 2.05) is 20.8 Å². The van der Waals surface area contributed by atoms with Crippen LogP contribution >= 0.6 is 0 Å². The predicted octanol–water partition coefficient (Wildman–Crippen LogP) is 6.17. The van der Waals surface area contributed by atoms with Gasteiger partial charge < -0.3 is 0 Å². The molecule has 6 nitrogen and oxygen atoms in total. The topological polar surface area (TPSA) is 86.7 Å². The molecule has 0 aliphatic carbocycles. The molecule has 0 fully saturated rings. The van der Waals surface area contributed by atoms with Crippen molar-refractivity contribution in [1.29, 1.82) is 0 Å². The zero-order valence-electron chi connectivity index (χ0n) is 20.7. The lowest BCUT2D eigenvalue weighted by Gasteiger charge is -2.32. The number of benzene rings is 2. The first-order valence-corrected chi connectivity index (χ1v) is 14.8. The van der Waals surface area contributed by atoms with E-state index in [2.05, 4.69) is 6.92 Å². The highest BCUT2D eigenvalue weighted by Crippen LogP contribution is 2.33. The Labute approximate surface area is 205 Å². The van der Waals surface area contributed by atoms with Gasteiger partial charge in [0.2, 0.25) is 0 Å². The maximum absolute atomic E-state index is 12.8. The van der Waals surface area contributed by atoms with Crippen LogP contribution in [-0.2, 0) is 28.6 Å². The van der Waals surface area contributed by atoms with Gasteiger partial charge in [0.25, 0.3) is 20.2 Å². The molecule has 2 aromatic rings. The van der Waals surface area contributed by atoms with Crippen LogP contribution in [0.3, 0.4) is 0 Å². The van der Waals surface area contributed by atoms with Crippen molar-refractivity contribution in [3.8, 4) is 0 Å². The van der Waals surface area contributed by atoms with Gasteiger partial charge in [-0.1, -0.05) is 81.3 Å². The van der Waals surface area contributed by atoms with Crippen molar-refractivity contribution in [2.75, 3.05) is 13.2 Å². The summed E-state index contributed by atoms with van der Waals surface area (Å²) in [5, 5.41) is 0. The fourth-order valence-corrected chi connectivity index (χ4v) is 5.64. The molecule has 0 atom stereocenters. The van der Waals surface area contributed by atoms with Gasteiger partial charge in [0.05, 0.1) is 23.0 Å². The summed E-state index contributed by atoms with van der Waals surface area (Å²) in [6, 6.07) is 12.9. The molecule has 0 unspecified atom stereocenters. The summed E-state index contributed by atoms with van der Waals surface area (Å²) in [5.74, 6) is 0. The minimum atomic E-state index is -3.98. The molecule has 0 radical (unpaired) electrons. The Morgan fingerprint density at radius 1 is 0.647 bits per heavy atom. The summed E-state index contributed by atoms with van der Waals surface area (Å²) in [7, 11) is -7.95. The zero-order valence-corrected chi connectivity index (χ0v) is 22.4. The second-order valence-corrected chi connectivity index (χ2v) is 12.3. The fraction of sp³-hybridized carbons (Fsp3) is 0.538. The lowest BCUT2D eigenvalue weighted by atomic mass is 9.81. The minimum Gasteiger partial charge on any atom is -0.266 e. The Morgan fingerprint density at radius 2 is 1.06 bits per heavy atom. The molecule has 0 heterocycles. The maximum Gasteiger partial charge on any atom is 0.296 e. The van der Waals surface area contributed by atoms with Crippen LogP contribution in [0.15, 0.2) is 58.3 Å². The van der Waals surface area contributed by atoms with Crippen molar-refractivity contribution in [2.45, 2.75) is 82.4 Å². The Hall–Kier alpha value is -1.74. The van der Waals surface area contributed by atoms with E-state index in [0.717, 1.165) is 43.2 Å². The third kappa shape index (κ3) is 8.48. The van der Waals surface area contributed by atoms with Crippen molar-refractivity contribution < 1.29 is 25.2 Å². The molecule has 0 aliphatic rings. The molecule has 0 aromatic heterocycles. The first kappa shape index (κ1) is 28.5. The number of unbranched alkanes of at least 4 members (excludes halogenated alkanes) is 4. The van der Waals surface area contributed by atoms with Crippen LogP contribution in [0.1, 0.15) is 69.9 Å². The standard InChI is InChI=1S/C26H38O6S2/c1-5-7-8-9-10-19-26(6-2,20-31-33(27,28)24-15-11-22(3)12-16-24)21-32-34(29,30)25-17-13-23(4)14-18-25/h11-18H,5-10,19-21H2,1-4H3. The van der Waals surface area contributed by atoms with E-state index in [-0.39, 0.29) is 23.0 Å². The fourth-order valence-electron chi connectivity index (χ4n) is 3.62. The van der Waals surface area contributed by atoms with E-state index in [4.69, 9.17) is 8.37 Å². The maximum atomic E-state index is 12.8. The molecule has 190 valence electrons. The normalized spacial score (nSPS) is 12.7. The summed E-state index contributed by atoms with van der Waals surface area (Å²) in [6.45, 7) is 7.53. The van der Waals surface area contributed by atoms with E-state index in [9.17, 15) is 16.8 Å². The molecular weight excluding hydrogens is 472 g/mol. The highest BCUT2D eigenvalue weighted by atomic mass is 32.2. The van der Waals surface area contributed by atoms with Crippen LogP contribution in [-0.4, -0.2) is 30.0 Å². The summed E-state index contributed by atoms with van der Waals surface area (Å²) < 4.78 is 62.1. The van der Waals surface area contributed by atoms with Gasteiger partial charge in [0.15, 0.2) is 0 Å². The summed E-state index contributed by atoms with van der Waals surface area (Å²) in [6.07, 6.45) is 6.31. The number of rotatable bonds is 15. The van der Waals surface area contributed by atoms with Crippen LogP contribution in [0.25, 0.3) is 0 Å². The van der Waals surface area contributed by atoms with Gasteiger partial charge in [-0.15, -0.1) is 0 Å². The molecule has 0 saturated heterocycles. The van der Waals surface area contributed by atoms with E-state index in [1.165, 1.54) is 24.3 Å². The number of hydrogen-bond donors (Lipinski definition) is 0. The third-order valence-electron chi connectivity index (χ3n) is 6.22. The Morgan fingerprint density at radius 3 is 1.44 bits per heavy atom. The molecule has 0 spiro atoms. The molecule has 0 amide bonds. The molecule has 0 bridgehead atoms. The Balaban J connectivity index is 2.18. The van der Waals surface area contributed by atoms with E-state index in [1.54, 1.807) is 24.3 Å². The average Bonchev–Trinajstić information content (AvgIpc) is 2.81. The molecule has 34 heavy (non-hydrogen) atoms. The average molecular weight is 511 g/mol. The van der Waals surface area contributed by atoms with Crippen molar-refractivity contribution in [2.24, 2.45) is 5.41 Å². The van der Waals surface area contributed by atoms with Gasteiger partial charge in [0.1, 0.15) is 0 Å². The van der Waals surface area contributed by atoms with Crippen LogP contribution < -0.4 is 0 Å². The lowest BCUT2D eigenvalue weighted by Crippen LogP contribution is -2.34. The minimum absolute atomic E-state index is 0.0826. The molecule has 0 saturated carbocycles. The number of hydrogen-bond acceptors (Lipinski definition) is 6. The highest BCUT2D eigenvalue weighted by Gasteiger charge is 2.34. The molecule has 2 rings (SSSR count). The quantitative estimate of drug-likeness (QED) is 0.210. The first-order valence-electron chi connectivity index (χ1n) is 12.0. The summed E-state index contributed by atoms with van der Waals surface area (Å²) in [4.78, 5) is 0.165. The molecular formula is C26H38O6S2. The highest BCUT2D eigenvalue weighted by molar-refractivity contribution is 7.87. The van der Waals surface area contributed by atoms with Gasteiger partial charge in [-0.05, 0) is 51.0 Å². The smallest absolute Gasteiger partial charge is 0.266 e. The van der Waals surface area contributed by atoms with Crippen LogP contribution in [0.5, 0.6) is 0 Å². The Bertz CT molecular complexity index is 1010. The van der Waals surface area contributed by atoms with E-state index in [0.29, 0.717) is 12.8 Å². The zero-order chi connectivity index (χ0) is 25.2. The second kappa shape index (κ2) is 12.8. The molecule has 0 N–H and O–H groups in total.